The minimum atomic E-state index is -0.833. The number of carbonyl (C=O) groups excluding carboxylic acids is 1. The van der Waals surface area contributed by atoms with Crippen molar-refractivity contribution < 1.29 is 14.7 Å². The summed E-state index contributed by atoms with van der Waals surface area (Å²) in [7, 11) is 0. The summed E-state index contributed by atoms with van der Waals surface area (Å²) in [5, 5.41) is 9.68. The molecule has 19 heavy (non-hydrogen) atoms. The van der Waals surface area contributed by atoms with Gasteiger partial charge in [0.15, 0.2) is 0 Å². The number of piperidine rings is 1. The molecule has 0 bridgehead atoms. The highest BCUT2D eigenvalue weighted by atomic mass is 35.5. The Morgan fingerprint density at radius 2 is 1.89 bits per heavy atom. The van der Waals surface area contributed by atoms with Gasteiger partial charge in [0.1, 0.15) is 0 Å². The third kappa shape index (κ3) is 3.26. The molecule has 0 aliphatic carbocycles. The van der Waals surface area contributed by atoms with Gasteiger partial charge in [-0.3, -0.25) is 9.59 Å². The lowest BCUT2D eigenvalue weighted by atomic mass is 9.90. The number of likely N-dealkylation sites (tertiary alicyclic amines) is 1. The van der Waals surface area contributed by atoms with Gasteiger partial charge in [0.2, 0.25) is 0 Å². The van der Waals surface area contributed by atoms with E-state index in [1.54, 1.807) is 29.2 Å². The number of hydrogen-bond acceptors (Lipinski definition) is 2. The van der Waals surface area contributed by atoms with Crippen LogP contribution in [0.3, 0.4) is 0 Å². The van der Waals surface area contributed by atoms with Gasteiger partial charge in [0, 0.05) is 23.7 Å². The van der Waals surface area contributed by atoms with Gasteiger partial charge in [-0.2, -0.15) is 0 Å². The summed E-state index contributed by atoms with van der Waals surface area (Å²) >= 11 is 5.79. The van der Waals surface area contributed by atoms with E-state index in [4.69, 9.17) is 16.7 Å². The van der Waals surface area contributed by atoms with Crippen molar-refractivity contribution in [2.75, 3.05) is 13.1 Å². The predicted molar refractivity (Wildman–Crippen MR) is 72.3 cm³/mol. The molecule has 2 unspecified atom stereocenters. The van der Waals surface area contributed by atoms with E-state index in [-0.39, 0.29) is 18.4 Å². The van der Waals surface area contributed by atoms with Gasteiger partial charge in [-0.25, -0.2) is 0 Å². The number of carbonyl (C=O) groups is 2. The molecule has 5 heteroatoms. The monoisotopic (exact) mass is 281 g/mol. The number of nitrogens with zero attached hydrogens (tertiary/aromatic N) is 1. The molecule has 0 radical (unpaired) electrons. The maximum Gasteiger partial charge on any atom is 0.308 e. The topological polar surface area (TPSA) is 57.6 Å². The summed E-state index contributed by atoms with van der Waals surface area (Å²) in [4.78, 5) is 25.0. The van der Waals surface area contributed by atoms with Crippen LogP contribution in [0.2, 0.25) is 5.02 Å². The third-order valence-corrected chi connectivity index (χ3v) is 3.64. The summed E-state index contributed by atoms with van der Waals surface area (Å²) in [5.74, 6) is -1.24. The molecule has 1 aliphatic heterocycles. The smallest absolute Gasteiger partial charge is 0.308 e. The van der Waals surface area contributed by atoms with Crippen LogP contribution in [0.25, 0.3) is 0 Å². The van der Waals surface area contributed by atoms with E-state index < -0.39 is 11.9 Å². The second-order valence-electron chi connectivity index (χ2n) is 5.09. The number of benzene rings is 1. The molecule has 0 spiro atoms. The predicted octanol–water partition coefficient (Wildman–Crippen LogP) is 2.52. The van der Waals surface area contributed by atoms with Crippen molar-refractivity contribution in [2.45, 2.75) is 13.3 Å². The Labute approximate surface area is 117 Å². The summed E-state index contributed by atoms with van der Waals surface area (Å²) < 4.78 is 0. The highest BCUT2D eigenvalue weighted by Gasteiger charge is 2.32. The summed E-state index contributed by atoms with van der Waals surface area (Å²) in [6.07, 6.45) is 0.625. The SMILES string of the molecule is CC1CC(C(=O)O)CN(C(=O)c2ccc(Cl)cc2)C1. The zero-order valence-electron chi connectivity index (χ0n) is 10.7. The number of halogens is 1. The molecule has 1 saturated heterocycles. The fraction of sp³-hybridized carbons (Fsp3) is 0.429. The zero-order chi connectivity index (χ0) is 14.0. The minimum Gasteiger partial charge on any atom is -0.481 e. The molecule has 2 atom stereocenters. The van der Waals surface area contributed by atoms with Crippen molar-refractivity contribution in [1.29, 1.82) is 0 Å². The Morgan fingerprint density at radius 3 is 2.47 bits per heavy atom. The highest BCUT2D eigenvalue weighted by molar-refractivity contribution is 6.30. The molecule has 2 rings (SSSR count). The van der Waals surface area contributed by atoms with Crippen LogP contribution >= 0.6 is 11.6 Å². The fourth-order valence-corrected chi connectivity index (χ4v) is 2.60. The third-order valence-electron chi connectivity index (χ3n) is 3.39. The molecule has 4 nitrogen and oxygen atoms in total. The lowest BCUT2D eigenvalue weighted by molar-refractivity contribution is -0.143. The fourth-order valence-electron chi connectivity index (χ4n) is 2.47. The van der Waals surface area contributed by atoms with Crippen molar-refractivity contribution >= 4 is 23.5 Å². The van der Waals surface area contributed by atoms with E-state index in [1.807, 2.05) is 6.92 Å². The lowest BCUT2D eigenvalue weighted by Crippen LogP contribution is -2.45. The van der Waals surface area contributed by atoms with Gasteiger partial charge in [0.25, 0.3) is 5.91 Å². The van der Waals surface area contributed by atoms with E-state index in [0.29, 0.717) is 23.6 Å². The van der Waals surface area contributed by atoms with Crippen LogP contribution in [0.5, 0.6) is 0 Å². The maximum absolute atomic E-state index is 12.3. The average molecular weight is 282 g/mol. The molecule has 1 amide bonds. The van der Waals surface area contributed by atoms with Crippen molar-refractivity contribution in [2.24, 2.45) is 11.8 Å². The standard InChI is InChI=1S/C14H16ClNO3/c1-9-6-11(14(18)19)8-16(7-9)13(17)10-2-4-12(15)5-3-10/h2-5,9,11H,6-8H2,1H3,(H,18,19). The molecule has 1 aliphatic rings. The molecule has 1 aromatic carbocycles. The number of aliphatic carboxylic acids is 1. The average Bonchev–Trinajstić information content (AvgIpc) is 2.38. The Kier molecular flexibility index (Phi) is 4.10. The Balaban J connectivity index is 2.14. The van der Waals surface area contributed by atoms with Crippen LogP contribution in [0.1, 0.15) is 23.7 Å². The van der Waals surface area contributed by atoms with Gasteiger partial charge in [-0.15, -0.1) is 0 Å². The van der Waals surface area contributed by atoms with E-state index in [9.17, 15) is 9.59 Å². The first-order valence-corrected chi connectivity index (χ1v) is 6.63. The molecule has 1 aromatic rings. The summed E-state index contributed by atoms with van der Waals surface area (Å²) in [6, 6.07) is 6.66. The van der Waals surface area contributed by atoms with E-state index in [0.717, 1.165) is 0 Å². The van der Waals surface area contributed by atoms with Gasteiger partial charge < -0.3 is 10.0 Å². The van der Waals surface area contributed by atoms with Crippen LogP contribution < -0.4 is 0 Å². The first-order chi connectivity index (χ1) is 8.97. The maximum atomic E-state index is 12.3. The Hall–Kier alpha value is -1.55. The number of hydrogen-bond donors (Lipinski definition) is 1. The largest absolute Gasteiger partial charge is 0.481 e. The van der Waals surface area contributed by atoms with Crippen molar-refractivity contribution in [3.63, 3.8) is 0 Å². The normalized spacial score (nSPS) is 23.2. The molecule has 1 N–H and O–H groups in total. The molecular weight excluding hydrogens is 266 g/mol. The van der Waals surface area contributed by atoms with Crippen LogP contribution in [-0.2, 0) is 4.79 Å². The molecule has 0 aromatic heterocycles. The highest BCUT2D eigenvalue weighted by Crippen LogP contribution is 2.23. The van der Waals surface area contributed by atoms with Crippen molar-refractivity contribution in [3.8, 4) is 0 Å². The molecule has 1 heterocycles. The molecule has 0 saturated carbocycles. The first kappa shape index (κ1) is 13.9. The number of carboxylic acid groups (broad SMARTS) is 1. The van der Waals surface area contributed by atoms with Crippen molar-refractivity contribution in [1.82, 2.24) is 4.90 Å². The van der Waals surface area contributed by atoms with Gasteiger partial charge in [-0.1, -0.05) is 18.5 Å². The van der Waals surface area contributed by atoms with Crippen LogP contribution in [0, 0.1) is 11.8 Å². The minimum absolute atomic E-state index is 0.130. The number of carboxylic acids is 1. The number of rotatable bonds is 2. The molecule has 102 valence electrons. The second-order valence-corrected chi connectivity index (χ2v) is 5.53. The van der Waals surface area contributed by atoms with Gasteiger partial charge in [0.05, 0.1) is 5.92 Å². The van der Waals surface area contributed by atoms with Crippen LogP contribution in [0.4, 0.5) is 0 Å². The van der Waals surface area contributed by atoms with Gasteiger partial charge in [-0.05, 0) is 36.6 Å². The van der Waals surface area contributed by atoms with E-state index in [2.05, 4.69) is 0 Å². The second kappa shape index (κ2) is 5.61. The zero-order valence-corrected chi connectivity index (χ0v) is 11.4. The molecular formula is C14H16ClNO3. The Bertz CT molecular complexity index is 486. The Morgan fingerprint density at radius 1 is 1.26 bits per heavy atom. The van der Waals surface area contributed by atoms with Crippen LogP contribution in [-0.4, -0.2) is 35.0 Å². The van der Waals surface area contributed by atoms with Gasteiger partial charge >= 0.3 is 5.97 Å². The quantitative estimate of drug-likeness (QED) is 0.906. The summed E-state index contributed by atoms with van der Waals surface area (Å²) in [5.41, 5.74) is 0.544. The van der Waals surface area contributed by atoms with Crippen molar-refractivity contribution in [3.05, 3.63) is 34.9 Å². The van der Waals surface area contributed by atoms with Crippen LogP contribution in [0.15, 0.2) is 24.3 Å². The van der Waals surface area contributed by atoms with E-state index in [1.165, 1.54) is 0 Å². The molecule has 1 fully saturated rings. The summed E-state index contributed by atoms with van der Waals surface area (Å²) in [6.45, 7) is 2.85. The first-order valence-electron chi connectivity index (χ1n) is 6.25. The van der Waals surface area contributed by atoms with E-state index >= 15 is 0 Å². The lowest BCUT2D eigenvalue weighted by Gasteiger charge is -2.34. The number of amides is 1.